The van der Waals surface area contributed by atoms with E-state index in [0.29, 0.717) is 5.02 Å². The SMILES string of the molecule is Clc1[c-]cccc1.[CH3-].[Mg+2]. The molecule has 0 N–H and O–H groups in total. The van der Waals surface area contributed by atoms with Crippen LogP contribution in [0.25, 0.3) is 0 Å². The molecule has 1 aromatic rings. The first-order valence-corrected chi connectivity index (χ1v) is 2.39. The van der Waals surface area contributed by atoms with Gasteiger partial charge in [-0.1, -0.05) is 5.02 Å². The molecule has 0 aromatic heterocycles. The van der Waals surface area contributed by atoms with Gasteiger partial charge in [-0.2, -0.15) is 30.3 Å². The minimum absolute atomic E-state index is 0. The molecule has 1 rings (SSSR count). The second-order valence-electron chi connectivity index (χ2n) is 1.21. The van der Waals surface area contributed by atoms with Gasteiger partial charge in [0.05, 0.1) is 0 Å². The largest absolute Gasteiger partial charge is 2.00 e. The Morgan fingerprint density at radius 1 is 1.33 bits per heavy atom. The third-order valence-corrected chi connectivity index (χ3v) is 0.906. The molecule has 0 radical (unpaired) electrons. The topological polar surface area (TPSA) is 0 Å². The Labute approximate surface area is 77.4 Å². The van der Waals surface area contributed by atoms with E-state index in [-0.39, 0.29) is 30.5 Å². The van der Waals surface area contributed by atoms with Gasteiger partial charge in [-0.05, 0) is 0 Å². The Morgan fingerprint density at radius 3 is 2.22 bits per heavy atom. The van der Waals surface area contributed by atoms with Gasteiger partial charge in [-0.3, -0.25) is 0 Å². The van der Waals surface area contributed by atoms with Crippen LogP contribution < -0.4 is 0 Å². The molecule has 0 bridgehead atoms. The monoisotopic (exact) mass is 150 g/mol. The molecule has 44 valence electrons. The van der Waals surface area contributed by atoms with Crippen molar-refractivity contribution in [3.8, 4) is 0 Å². The maximum absolute atomic E-state index is 5.48. The van der Waals surface area contributed by atoms with Crippen molar-refractivity contribution in [3.63, 3.8) is 0 Å². The third kappa shape index (κ3) is 4.76. The second kappa shape index (κ2) is 6.40. The maximum Gasteiger partial charge on any atom is 2.00 e. The van der Waals surface area contributed by atoms with Crippen molar-refractivity contribution in [1.82, 2.24) is 0 Å². The molecule has 0 aliphatic heterocycles. The summed E-state index contributed by atoms with van der Waals surface area (Å²) in [5, 5.41) is 0.669. The average Bonchev–Trinajstić information content (AvgIpc) is 1.69. The van der Waals surface area contributed by atoms with E-state index in [9.17, 15) is 0 Å². The molecule has 0 fully saturated rings. The van der Waals surface area contributed by atoms with Crippen molar-refractivity contribution in [2.75, 3.05) is 0 Å². The van der Waals surface area contributed by atoms with Crippen LogP contribution in [-0.4, -0.2) is 23.1 Å². The maximum atomic E-state index is 5.48. The molecule has 1 aromatic carbocycles. The summed E-state index contributed by atoms with van der Waals surface area (Å²) in [4.78, 5) is 0. The van der Waals surface area contributed by atoms with Gasteiger partial charge in [0.1, 0.15) is 0 Å². The van der Waals surface area contributed by atoms with Crippen molar-refractivity contribution < 1.29 is 0 Å². The predicted octanol–water partition coefficient (Wildman–Crippen LogP) is 2.21. The molecular weight excluding hydrogens is 144 g/mol. The van der Waals surface area contributed by atoms with Crippen LogP contribution in [0.2, 0.25) is 5.02 Å². The predicted molar refractivity (Wildman–Crippen MR) is 42.5 cm³/mol. The van der Waals surface area contributed by atoms with E-state index in [1.807, 2.05) is 12.1 Å². The van der Waals surface area contributed by atoms with E-state index < -0.39 is 0 Å². The van der Waals surface area contributed by atoms with Crippen LogP contribution in [0.3, 0.4) is 0 Å². The Kier molecular flexibility index (Phi) is 8.53. The molecule has 0 unspecified atom stereocenters. The number of hydrogen-bond acceptors (Lipinski definition) is 0. The van der Waals surface area contributed by atoms with E-state index >= 15 is 0 Å². The van der Waals surface area contributed by atoms with Gasteiger partial charge in [0.25, 0.3) is 0 Å². The number of halogens is 1. The second-order valence-corrected chi connectivity index (χ2v) is 1.62. The fraction of sp³-hybridized carbons (Fsp3) is 0. The van der Waals surface area contributed by atoms with Gasteiger partial charge in [0, 0.05) is 0 Å². The summed E-state index contributed by atoms with van der Waals surface area (Å²) in [7, 11) is 0. The minimum atomic E-state index is 0. The first-order chi connectivity index (χ1) is 3.39. The van der Waals surface area contributed by atoms with Gasteiger partial charge < -0.3 is 7.43 Å². The van der Waals surface area contributed by atoms with Gasteiger partial charge in [-0.25, -0.2) is 0 Å². The van der Waals surface area contributed by atoms with Crippen LogP contribution in [0, 0.1) is 13.5 Å². The minimum Gasteiger partial charge on any atom is -0.358 e. The van der Waals surface area contributed by atoms with Crippen molar-refractivity contribution in [3.05, 3.63) is 42.8 Å². The van der Waals surface area contributed by atoms with Crippen LogP contribution in [0.4, 0.5) is 0 Å². The summed E-state index contributed by atoms with van der Waals surface area (Å²) in [6, 6.07) is 10.1. The fourth-order valence-electron chi connectivity index (χ4n) is 0.371. The van der Waals surface area contributed by atoms with Crippen LogP contribution in [0.15, 0.2) is 24.3 Å². The van der Waals surface area contributed by atoms with Crippen molar-refractivity contribution in [2.45, 2.75) is 0 Å². The number of rotatable bonds is 0. The third-order valence-electron chi connectivity index (χ3n) is 0.671. The van der Waals surface area contributed by atoms with Crippen molar-refractivity contribution in [2.24, 2.45) is 0 Å². The molecule has 0 aliphatic rings. The quantitative estimate of drug-likeness (QED) is 0.393. The summed E-state index contributed by atoms with van der Waals surface area (Å²) in [6.45, 7) is 0. The van der Waals surface area contributed by atoms with E-state index in [2.05, 4.69) is 6.07 Å². The van der Waals surface area contributed by atoms with Gasteiger partial charge in [0.15, 0.2) is 0 Å². The van der Waals surface area contributed by atoms with Crippen molar-refractivity contribution in [1.29, 1.82) is 0 Å². The standard InChI is InChI=1S/C6H4Cl.CH3.Mg/c7-6-4-2-1-3-5-6;;/h1-4H;1H3;/q2*-1;+2. The number of benzene rings is 1. The summed E-state index contributed by atoms with van der Waals surface area (Å²) < 4.78 is 0. The Bertz CT molecular complexity index is 139. The first kappa shape index (κ1) is 12.0. The molecule has 0 amide bonds. The zero-order valence-electron chi connectivity index (χ0n) is 5.39. The molecule has 0 aliphatic carbocycles. The first-order valence-electron chi connectivity index (χ1n) is 2.02. The molecular formula is C7H7ClMg. The summed E-state index contributed by atoms with van der Waals surface area (Å²) in [5.74, 6) is 0. The van der Waals surface area contributed by atoms with Crippen LogP contribution >= 0.6 is 11.6 Å². The molecule has 0 nitrogen and oxygen atoms in total. The van der Waals surface area contributed by atoms with E-state index in [1.165, 1.54) is 0 Å². The molecule has 9 heavy (non-hydrogen) atoms. The summed E-state index contributed by atoms with van der Waals surface area (Å²) >= 11 is 5.48. The molecule has 0 spiro atoms. The molecule has 0 saturated carbocycles. The normalized spacial score (nSPS) is 6.78. The summed E-state index contributed by atoms with van der Waals surface area (Å²) in [6.07, 6.45) is 0. The zero-order chi connectivity index (χ0) is 5.11. The average molecular weight is 151 g/mol. The number of hydrogen-bond donors (Lipinski definition) is 0. The van der Waals surface area contributed by atoms with E-state index in [4.69, 9.17) is 11.6 Å². The van der Waals surface area contributed by atoms with E-state index in [1.54, 1.807) is 12.1 Å². The molecule has 0 heterocycles. The van der Waals surface area contributed by atoms with Crippen molar-refractivity contribution >= 4 is 34.7 Å². The van der Waals surface area contributed by atoms with E-state index in [0.717, 1.165) is 0 Å². The Morgan fingerprint density at radius 2 is 2.00 bits per heavy atom. The molecule has 2 heteroatoms. The summed E-state index contributed by atoms with van der Waals surface area (Å²) in [5.41, 5.74) is 0. The molecule has 0 saturated heterocycles. The Hall–Kier alpha value is 0.276. The molecule has 0 atom stereocenters. The van der Waals surface area contributed by atoms with Gasteiger partial charge in [-0.15, -0.1) is 11.6 Å². The zero-order valence-corrected chi connectivity index (χ0v) is 7.56. The smallest absolute Gasteiger partial charge is 0.358 e. The van der Waals surface area contributed by atoms with Gasteiger partial charge in [0.2, 0.25) is 0 Å². The Balaban J connectivity index is 0. The van der Waals surface area contributed by atoms with Crippen LogP contribution in [0.1, 0.15) is 0 Å². The van der Waals surface area contributed by atoms with Crippen LogP contribution in [0.5, 0.6) is 0 Å². The fourth-order valence-corrected chi connectivity index (χ4v) is 0.507. The van der Waals surface area contributed by atoms with Gasteiger partial charge >= 0.3 is 23.1 Å². The van der Waals surface area contributed by atoms with Crippen LogP contribution in [-0.2, 0) is 0 Å².